The molecule has 140 valence electrons. The molecule has 7 heteroatoms. The summed E-state index contributed by atoms with van der Waals surface area (Å²) in [5.41, 5.74) is 5.42. The van der Waals surface area contributed by atoms with Gasteiger partial charge in [0.05, 0.1) is 22.6 Å². The third-order valence-corrected chi connectivity index (χ3v) is 5.38. The van der Waals surface area contributed by atoms with Gasteiger partial charge in [-0.05, 0) is 29.8 Å². The summed E-state index contributed by atoms with van der Waals surface area (Å²) in [5, 5.41) is 8.47. The Morgan fingerprint density at radius 3 is 2.69 bits per heavy atom. The van der Waals surface area contributed by atoms with E-state index in [1.807, 2.05) is 59.5 Å². The molecule has 3 aromatic heterocycles. The fourth-order valence-corrected chi connectivity index (χ4v) is 3.81. The largest absolute Gasteiger partial charge is 0.334 e. The van der Waals surface area contributed by atoms with Gasteiger partial charge in [0.2, 0.25) is 0 Å². The molecule has 0 radical (unpaired) electrons. The van der Waals surface area contributed by atoms with Crippen molar-refractivity contribution < 1.29 is 4.79 Å². The predicted molar refractivity (Wildman–Crippen MR) is 109 cm³/mol. The molecule has 6 rings (SSSR count). The predicted octanol–water partition coefficient (Wildman–Crippen LogP) is 3.70. The highest BCUT2D eigenvalue weighted by Gasteiger charge is 2.41. The lowest BCUT2D eigenvalue weighted by molar-refractivity contribution is 0.0864. The van der Waals surface area contributed by atoms with Crippen LogP contribution in [0, 0.1) is 0 Å². The maximum atomic E-state index is 12.9. The van der Waals surface area contributed by atoms with Crippen LogP contribution < -0.4 is 0 Å². The number of amides is 1. The second kappa shape index (κ2) is 6.00. The molecule has 1 amide bonds. The first-order valence-electron chi connectivity index (χ1n) is 9.42. The van der Waals surface area contributed by atoms with Crippen molar-refractivity contribution in [2.45, 2.75) is 6.04 Å². The zero-order valence-corrected chi connectivity index (χ0v) is 15.3. The number of hydrogen-bond donors (Lipinski definition) is 2. The number of H-pyrrole nitrogens is 2. The number of benzene rings is 2. The number of fused-ring (bicyclic) bond motifs is 2. The van der Waals surface area contributed by atoms with E-state index < -0.39 is 0 Å². The van der Waals surface area contributed by atoms with Crippen LogP contribution in [0.1, 0.15) is 22.2 Å². The summed E-state index contributed by atoms with van der Waals surface area (Å²) >= 11 is 0. The summed E-state index contributed by atoms with van der Waals surface area (Å²) in [6, 6.07) is 18.0. The van der Waals surface area contributed by atoms with Gasteiger partial charge >= 0.3 is 0 Å². The second-order valence-corrected chi connectivity index (χ2v) is 7.19. The zero-order valence-electron chi connectivity index (χ0n) is 15.3. The van der Waals surface area contributed by atoms with Crippen molar-refractivity contribution in [3.63, 3.8) is 0 Å². The maximum absolute atomic E-state index is 12.9. The smallest absolute Gasteiger partial charge is 0.290 e. The van der Waals surface area contributed by atoms with E-state index >= 15 is 0 Å². The minimum absolute atomic E-state index is 0.0776. The van der Waals surface area contributed by atoms with Crippen molar-refractivity contribution in [2.75, 3.05) is 6.54 Å². The summed E-state index contributed by atoms with van der Waals surface area (Å²) < 4.78 is 0. The highest BCUT2D eigenvalue weighted by Crippen LogP contribution is 2.36. The molecule has 7 nitrogen and oxygen atoms in total. The van der Waals surface area contributed by atoms with E-state index in [1.165, 1.54) is 0 Å². The molecule has 5 aromatic rings. The molecular weight excluding hydrogens is 364 g/mol. The summed E-state index contributed by atoms with van der Waals surface area (Å²) in [4.78, 5) is 26.5. The zero-order chi connectivity index (χ0) is 19.4. The van der Waals surface area contributed by atoms with Crippen LogP contribution in [0.15, 0.2) is 67.0 Å². The molecule has 1 aliphatic heterocycles. The Kier molecular flexibility index (Phi) is 3.31. The molecule has 1 saturated heterocycles. The standard InChI is InChI=1S/C22H16N6O/c29-22(28-12-19(28)13-4-2-1-3-5-13)21-24-17-10-15-16(11-18(17)25-21)26-27-20(15)14-6-8-23-9-7-14/h1-11,19H,12H2,(H,24,25)(H,26,27). The van der Waals surface area contributed by atoms with Gasteiger partial charge in [0, 0.05) is 29.9 Å². The van der Waals surface area contributed by atoms with Gasteiger partial charge in [-0.2, -0.15) is 5.10 Å². The monoisotopic (exact) mass is 380 g/mol. The van der Waals surface area contributed by atoms with E-state index in [0.717, 1.165) is 45.3 Å². The number of nitrogens with zero attached hydrogens (tertiary/aromatic N) is 4. The van der Waals surface area contributed by atoms with Crippen LogP contribution in [0.4, 0.5) is 0 Å². The first-order valence-corrected chi connectivity index (χ1v) is 9.42. The summed E-state index contributed by atoms with van der Waals surface area (Å²) in [7, 11) is 0. The number of aromatic amines is 2. The molecule has 1 unspecified atom stereocenters. The molecule has 1 atom stereocenters. The highest BCUT2D eigenvalue weighted by atomic mass is 16.2. The Bertz CT molecular complexity index is 1360. The van der Waals surface area contributed by atoms with E-state index in [1.54, 1.807) is 12.4 Å². The Morgan fingerprint density at radius 1 is 1.03 bits per heavy atom. The lowest BCUT2D eigenvalue weighted by Gasteiger charge is -2.01. The molecule has 29 heavy (non-hydrogen) atoms. The third-order valence-electron chi connectivity index (χ3n) is 5.38. The third kappa shape index (κ3) is 2.59. The van der Waals surface area contributed by atoms with Crippen molar-refractivity contribution >= 4 is 27.8 Å². The van der Waals surface area contributed by atoms with Crippen LogP contribution in [-0.2, 0) is 0 Å². The number of rotatable bonds is 3. The van der Waals surface area contributed by atoms with Gasteiger partial charge in [0.15, 0.2) is 5.82 Å². The molecular formula is C22H16N6O. The minimum atomic E-state index is -0.0776. The number of aromatic nitrogens is 5. The van der Waals surface area contributed by atoms with Crippen LogP contribution >= 0.6 is 0 Å². The molecule has 0 bridgehead atoms. The Labute approximate surface area is 165 Å². The normalized spacial score (nSPS) is 15.9. The second-order valence-electron chi connectivity index (χ2n) is 7.19. The summed E-state index contributed by atoms with van der Waals surface area (Å²) in [6.45, 7) is 0.719. The molecule has 4 heterocycles. The topological polar surface area (TPSA) is 90.3 Å². The fraction of sp³-hybridized carbons (Fsp3) is 0.0909. The number of hydrogen-bond acceptors (Lipinski definition) is 4. The van der Waals surface area contributed by atoms with Crippen molar-refractivity contribution in [2.24, 2.45) is 0 Å². The lowest BCUT2D eigenvalue weighted by atomic mass is 10.1. The van der Waals surface area contributed by atoms with E-state index in [-0.39, 0.29) is 11.9 Å². The molecule has 1 fully saturated rings. The summed E-state index contributed by atoms with van der Waals surface area (Å²) in [6.07, 6.45) is 3.49. The van der Waals surface area contributed by atoms with E-state index in [0.29, 0.717) is 5.82 Å². The Hall–Kier alpha value is -4.00. The first kappa shape index (κ1) is 16.0. The Balaban J connectivity index is 1.36. The molecule has 2 N–H and O–H groups in total. The number of carbonyl (C=O) groups excluding carboxylic acids is 1. The maximum Gasteiger partial charge on any atom is 0.290 e. The average Bonchev–Trinajstić information content (AvgIpc) is 3.30. The van der Waals surface area contributed by atoms with Crippen LogP contribution in [-0.4, -0.2) is 42.5 Å². The van der Waals surface area contributed by atoms with Crippen LogP contribution in [0.5, 0.6) is 0 Å². The van der Waals surface area contributed by atoms with Gasteiger partial charge in [-0.15, -0.1) is 0 Å². The quantitative estimate of drug-likeness (QED) is 0.467. The highest BCUT2D eigenvalue weighted by molar-refractivity contribution is 6.02. The van der Waals surface area contributed by atoms with Crippen LogP contribution in [0.3, 0.4) is 0 Å². The van der Waals surface area contributed by atoms with E-state index in [9.17, 15) is 4.79 Å². The average molecular weight is 380 g/mol. The van der Waals surface area contributed by atoms with Crippen molar-refractivity contribution in [3.8, 4) is 11.3 Å². The van der Waals surface area contributed by atoms with Gasteiger partial charge in [-0.25, -0.2) is 4.98 Å². The van der Waals surface area contributed by atoms with Crippen molar-refractivity contribution in [1.82, 2.24) is 30.0 Å². The molecule has 0 aliphatic carbocycles. The van der Waals surface area contributed by atoms with Crippen molar-refractivity contribution in [3.05, 3.63) is 78.4 Å². The van der Waals surface area contributed by atoms with Gasteiger partial charge in [-0.1, -0.05) is 30.3 Å². The number of imidazole rings is 1. The minimum Gasteiger partial charge on any atom is -0.334 e. The van der Waals surface area contributed by atoms with Gasteiger partial charge in [0.1, 0.15) is 5.69 Å². The molecule has 0 saturated carbocycles. The van der Waals surface area contributed by atoms with Gasteiger partial charge in [0.25, 0.3) is 5.91 Å². The molecule has 0 spiro atoms. The van der Waals surface area contributed by atoms with E-state index in [4.69, 9.17) is 0 Å². The Morgan fingerprint density at radius 2 is 1.86 bits per heavy atom. The van der Waals surface area contributed by atoms with Gasteiger partial charge < -0.3 is 9.88 Å². The van der Waals surface area contributed by atoms with Crippen molar-refractivity contribution in [1.29, 1.82) is 0 Å². The van der Waals surface area contributed by atoms with Gasteiger partial charge in [-0.3, -0.25) is 14.9 Å². The summed E-state index contributed by atoms with van der Waals surface area (Å²) in [5.74, 6) is 0.288. The molecule has 2 aromatic carbocycles. The lowest BCUT2D eigenvalue weighted by Crippen LogP contribution is -2.13. The van der Waals surface area contributed by atoms with E-state index in [2.05, 4.69) is 25.1 Å². The molecule has 1 aliphatic rings. The van der Waals surface area contributed by atoms with Crippen LogP contribution in [0.2, 0.25) is 0 Å². The van der Waals surface area contributed by atoms with Crippen LogP contribution in [0.25, 0.3) is 33.2 Å². The fourth-order valence-electron chi connectivity index (χ4n) is 3.81. The SMILES string of the molecule is O=C(c1nc2cc3c(-c4ccncc4)n[nH]c3cc2[nH]1)N1CC1c1ccccc1. The first-order chi connectivity index (χ1) is 14.3. The number of pyridine rings is 1. The number of nitrogens with one attached hydrogen (secondary N) is 2. The number of carbonyl (C=O) groups is 1.